The van der Waals surface area contributed by atoms with Gasteiger partial charge in [0.05, 0.1) is 24.9 Å². The molecule has 13 heavy (non-hydrogen) atoms. The largest absolute Gasteiger partial charge is 0.465 e. The third-order valence-electron chi connectivity index (χ3n) is 2.47. The highest BCUT2D eigenvalue weighted by Gasteiger charge is 2.21. The molecule has 2 rings (SSSR count). The maximum Gasteiger partial charge on any atom is 0.341 e. The zero-order chi connectivity index (χ0) is 9.26. The van der Waals surface area contributed by atoms with Crippen LogP contribution in [0.2, 0.25) is 0 Å². The second-order valence-electron chi connectivity index (χ2n) is 3.29. The van der Waals surface area contributed by atoms with Gasteiger partial charge in [-0.05, 0) is 19.3 Å². The molecule has 0 aliphatic heterocycles. The van der Waals surface area contributed by atoms with E-state index in [1.807, 2.05) is 4.68 Å². The Morgan fingerprint density at radius 1 is 1.69 bits per heavy atom. The van der Waals surface area contributed by atoms with Crippen LogP contribution in [0.25, 0.3) is 0 Å². The molecular weight excluding hydrogens is 168 g/mol. The Morgan fingerprint density at radius 2 is 2.46 bits per heavy atom. The molecule has 0 N–H and O–H groups in total. The zero-order valence-corrected chi connectivity index (χ0v) is 7.56. The number of ether oxygens (including phenoxy) is 1. The van der Waals surface area contributed by atoms with Crippen molar-refractivity contribution >= 4 is 5.97 Å². The van der Waals surface area contributed by atoms with Crippen LogP contribution >= 0.6 is 0 Å². The summed E-state index contributed by atoms with van der Waals surface area (Å²) in [5, 5.41) is 4.12. The van der Waals surface area contributed by atoms with Crippen LogP contribution in [0, 0.1) is 0 Å². The molecule has 70 valence electrons. The van der Waals surface area contributed by atoms with Gasteiger partial charge in [-0.1, -0.05) is 0 Å². The number of nitrogens with zero attached hydrogens (tertiary/aromatic N) is 2. The van der Waals surface area contributed by atoms with Gasteiger partial charge in [0.15, 0.2) is 0 Å². The van der Waals surface area contributed by atoms with Gasteiger partial charge in [-0.3, -0.25) is 4.68 Å². The monoisotopic (exact) mass is 180 g/mol. The van der Waals surface area contributed by atoms with Crippen LogP contribution in [-0.2, 0) is 4.74 Å². The second kappa shape index (κ2) is 3.20. The van der Waals surface area contributed by atoms with Gasteiger partial charge in [-0.15, -0.1) is 0 Å². The summed E-state index contributed by atoms with van der Waals surface area (Å²) in [6, 6.07) is 0.499. The molecular formula is C9H12N2O2. The van der Waals surface area contributed by atoms with E-state index in [-0.39, 0.29) is 5.97 Å². The van der Waals surface area contributed by atoms with E-state index in [9.17, 15) is 4.79 Å². The molecule has 0 bridgehead atoms. The Balaban J connectivity index is 2.12. The first-order valence-electron chi connectivity index (χ1n) is 4.43. The summed E-state index contributed by atoms with van der Waals surface area (Å²) in [4.78, 5) is 11.1. The molecule has 1 aliphatic carbocycles. The van der Waals surface area contributed by atoms with Crippen LogP contribution in [0.15, 0.2) is 12.4 Å². The molecule has 0 atom stereocenters. The van der Waals surface area contributed by atoms with Crippen LogP contribution in [0.5, 0.6) is 0 Å². The Kier molecular flexibility index (Phi) is 2.04. The Bertz CT molecular complexity index is 315. The fourth-order valence-electron chi connectivity index (χ4n) is 1.41. The van der Waals surface area contributed by atoms with Crippen molar-refractivity contribution in [2.24, 2.45) is 0 Å². The zero-order valence-electron chi connectivity index (χ0n) is 7.56. The van der Waals surface area contributed by atoms with Crippen molar-refractivity contribution in [1.29, 1.82) is 0 Å². The molecule has 1 heterocycles. The second-order valence-corrected chi connectivity index (χ2v) is 3.29. The molecule has 0 aromatic carbocycles. The molecule has 0 spiro atoms. The van der Waals surface area contributed by atoms with Crippen molar-refractivity contribution in [1.82, 2.24) is 9.78 Å². The third kappa shape index (κ3) is 1.43. The average molecular weight is 180 g/mol. The first kappa shape index (κ1) is 8.29. The maximum atomic E-state index is 11.1. The normalized spacial score (nSPS) is 16.7. The standard InChI is InChI=1S/C9H12N2O2/c1-13-9(12)7-5-10-11(6-7)8-3-2-4-8/h5-6,8H,2-4H2,1H3. The van der Waals surface area contributed by atoms with Crippen LogP contribution < -0.4 is 0 Å². The quantitative estimate of drug-likeness (QED) is 0.646. The minimum Gasteiger partial charge on any atom is -0.465 e. The van der Waals surface area contributed by atoms with Gasteiger partial charge < -0.3 is 4.74 Å². The van der Waals surface area contributed by atoms with Gasteiger partial charge >= 0.3 is 5.97 Å². The molecule has 1 saturated carbocycles. The fraction of sp³-hybridized carbons (Fsp3) is 0.556. The van der Waals surface area contributed by atoms with Gasteiger partial charge in [-0.25, -0.2) is 4.79 Å². The summed E-state index contributed by atoms with van der Waals surface area (Å²) in [7, 11) is 1.38. The number of carbonyl (C=O) groups excluding carboxylic acids is 1. The van der Waals surface area contributed by atoms with E-state index >= 15 is 0 Å². The van der Waals surface area contributed by atoms with Gasteiger partial charge in [0, 0.05) is 6.20 Å². The van der Waals surface area contributed by atoms with Gasteiger partial charge in [-0.2, -0.15) is 5.10 Å². The molecule has 1 aromatic rings. The number of aromatic nitrogens is 2. The molecule has 1 fully saturated rings. The lowest BCUT2D eigenvalue weighted by Crippen LogP contribution is -2.17. The highest BCUT2D eigenvalue weighted by Crippen LogP contribution is 2.30. The number of hydrogen-bond donors (Lipinski definition) is 0. The Labute approximate surface area is 76.5 Å². The highest BCUT2D eigenvalue weighted by atomic mass is 16.5. The van der Waals surface area contributed by atoms with Gasteiger partial charge in [0.1, 0.15) is 0 Å². The van der Waals surface area contributed by atoms with Crippen molar-refractivity contribution < 1.29 is 9.53 Å². The number of carbonyl (C=O) groups is 1. The molecule has 0 radical (unpaired) electrons. The molecule has 4 heteroatoms. The van der Waals surface area contributed by atoms with Crippen molar-refractivity contribution in [3.63, 3.8) is 0 Å². The summed E-state index contributed by atoms with van der Waals surface area (Å²) < 4.78 is 6.45. The third-order valence-corrected chi connectivity index (χ3v) is 2.47. The Morgan fingerprint density at radius 3 is 3.00 bits per heavy atom. The SMILES string of the molecule is COC(=O)c1cnn(C2CCC2)c1. The number of methoxy groups -OCH3 is 1. The average Bonchev–Trinajstić information content (AvgIpc) is 2.49. The minimum atomic E-state index is -0.314. The van der Waals surface area contributed by atoms with Crippen LogP contribution in [-0.4, -0.2) is 22.9 Å². The van der Waals surface area contributed by atoms with Crippen molar-refractivity contribution in [2.45, 2.75) is 25.3 Å². The highest BCUT2D eigenvalue weighted by molar-refractivity contribution is 5.88. The molecule has 1 aromatic heterocycles. The van der Waals surface area contributed by atoms with Crippen molar-refractivity contribution in [3.8, 4) is 0 Å². The summed E-state index contributed by atoms with van der Waals surface area (Å²) in [5.74, 6) is -0.314. The van der Waals surface area contributed by atoms with E-state index in [0.717, 1.165) is 0 Å². The summed E-state index contributed by atoms with van der Waals surface area (Å²) in [6.07, 6.45) is 6.92. The van der Waals surface area contributed by atoms with Gasteiger partial charge in [0.25, 0.3) is 0 Å². The smallest absolute Gasteiger partial charge is 0.341 e. The number of hydrogen-bond acceptors (Lipinski definition) is 3. The first-order chi connectivity index (χ1) is 6.31. The van der Waals surface area contributed by atoms with E-state index in [0.29, 0.717) is 11.6 Å². The van der Waals surface area contributed by atoms with Crippen molar-refractivity contribution in [3.05, 3.63) is 18.0 Å². The summed E-state index contributed by atoms with van der Waals surface area (Å²) in [6.45, 7) is 0. The molecule has 4 nitrogen and oxygen atoms in total. The van der Waals surface area contributed by atoms with Crippen molar-refractivity contribution in [2.75, 3.05) is 7.11 Å². The summed E-state index contributed by atoms with van der Waals surface area (Å²) >= 11 is 0. The van der Waals surface area contributed by atoms with E-state index in [4.69, 9.17) is 0 Å². The van der Waals surface area contributed by atoms with Crippen LogP contribution in [0.4, 0.5) is 0 Å². The lowest BCUT2D eigenvalue weighted by atomic mass is 9.93. The van der Waals surface area contributed by atoms with E-state index in [2.05, 4.69) is 9.84 Å². The Hall–Kier alpha value is -1.32. The lowest BCUT2D eigenvalue weighted by molar-refractivity contribution is 0.0600. The predicted octanol–water partition coefficient (Wildman–Crippen LogP) is 1.39. The lowest BCUT2D eigenvalue weighted by Gasteiger charge is -2.25. The minimum absolute atomic E-state index is 0.314. The first-order valence-corrected chi connectivity index (χ1v) is 4.43. The van der Waals surface area contributed by atoms with E-state index < -0.39 is 0 Å². The number of esters is 1. The number of rotatable bonds is 2. The molecule has 1 aliphatic rings. The van der Waals surface area contributed by atoms with Crippen LogP contribution in [0.3, 0.4) is 0 Å². The van der Waals surface area contributed by atoms with E-state index in [1.165, 1.54) is 26.4 Å². The fourth-order valence-corrected chi connectivity index (χ4v) is 1.41. The van der Waals surface area contributed by atoms with E-state index in [1.54, 1.807) is 12.4 Å². The topological polar surface area (TPSA) is 44.1 Å². The molecule has 0 unspecified atom stereocenters. The summed E-state index contributed by atoms with van der Waals surface area (Å²) in [5.41, 5.74) is 0.536. The van der Waals surface area contributed by atoms with Crippen LogP contribution in [0.1, 0.15) is 35.7 Å². The molecule has 0 saturated heterocycles. The van der Waals surface area contributed by atoms with Gasteiger partial charge in [0.2, 0.25) is 0 Å². The molecule has 0 amide bonds. The predicted molar refractivity (Wildman–Crippen MR) is 46.5 cm³/mol. The maximum absolute atomic E-state index is 11.1.